The number of likely N-dealkylation sites (N-methyl/N-ethyl adjacent to an activating group) is 1. The number of nitrogens with zero attached hydrogens (tertiary/aromatic N) is 2. The Morgan fingerprint density at radius 3 is 2.46 bits per heavy atom. The van der Waals surface area contributed by atoms with Gasteiger partial charge in [0.1, 0.15) is 12.1 Å². The van der Waals surface area contributed by atoms with E-state index in [4.69, 9.17) is 5.21 Å². The van der Waals surface area contributed by atoms with Crippen molar-refractivity contribution >= 4 is 17.7 Å². The smallest absolute Gasteiger partial charge is 0.272 e. The highest BCUT2D eigenvalue weighted by Crippen LogP contribution is 2.25. The number of hydroxylamine groups is 1. The van der Waals surface area contributed by atoms with Gasteiger partial charge in [0, 0.05) is 20.1 Å². The summed E-state index contributed by atoms with van der Waals surface area (Å²) in [5, 5.41) is 18.9. The standard InChI is InChI=1S/C18H33N3O5/c1-4-6-9-13(15(22)16(23)19-26)17(24)21-12-8-10-14(21)18(25)20(3)11-7-5-2/h13-15,22,26H,4-12H2,1-3H3,(H,19,23). The molecular formula is C18H33N3O5. The lowest BCUT2D eigenvalue weighted by atomic mass is 9.93. The number of hydrogen-bond acceptors (Lipinski definition) is 5. The van der Waals surface area contributed by atoms with Crippen LogP contribution in [0.4, 0.5) is 0 Å². The van der Waals surface area contributed by atoms with Gasteiger partial charge in [0.05, 0.1) is 5.92 Å². The van der Waals surface area contributed by atoms with E-state index in [0.29, 0.717) is 38.8 Å². The van der Waals surface area contributed by atoms with Crippen LogP contribution in [-0.4, -0.2) is 70.1 Å². The molecule has 26 heavy (non-hydrogen) atoms. The lowest BCUT2D eigenvalue weighted by Gasteiger charge is -2.32. The van der Waals surface area contributed by atoms with Crippen LogP contribution in [0.15, 0.2) is 0 Å². The largest absolute Gasteiger partial charge is 0.382 e. The highest BCUT2D eigenvalue weighted by atomic mass is 16.5. The number of amides is 3. The average Bonchev–Trinajstić information content (AvgIpc) is 3.14. The van der Waals surface area contributed by atoms with E-state index in [2.05, 4.69) is 6.92 Å². The molecule has 0 aromatic heterocycles. The van der Waals surface area contributed by atoms with Crippen LogP contribution >= 0.6 is 0 Å². The van der Waals surface area contributed by atoms with Gasteiger partial charge < -0.3 is 14.9 Å². The molecule has 0 aromatic carbocycles. The van der Waals surface area contributed by atoms with Crippen LogP contribution in [0.5, 0.6) is 0 Å². The molecule has 3 N–H and O–H groups in total. The van der Waals surface area contributed by atoms with Crippen LogP contribution in [0.1, 0.15) is 58.8 Å². The monoisotopic (exact) mass is 371 g/mol. The molecule has 1 aliphatic heterocycles. The molecule has 0 saturated carbocycles. The van der Waals surface area contributed by atoms with Gasteiger partial charge in [-0.3, -0.25) is 19.6 Å². The molecule has 8 heteroatoms. The summed E-state index contributed by atoms with van der Waals surface area (Å²) in [5.41, 5.74) is 1.41. The van der Waals surface area contributed by atoms with E-state index in [1.54, 1.807) is 11.9 Å². The first-order chi connectivity index (χ1) is 12.4. The minimum Gasteiger partial charge on any atom is -0.382 e. The predicted molar refractivity (Wildman–Crippen MR) is 96.2 cm³/mol. The van der Waals surface area contributed by atoms with Gasteiger partial charge in [-0.2, -0.15) is 0 Å². The second-order valence-corrected chi connectivity index (χ2v) is 6.97. The third-order valence-corrected chi connectivity index (χ3v) is 4.99. The van der Waals surface area contributed by atoms with E-state index in [1.807, 2.05) is 6.92 Å². The Balaban J connectivity index is 2.90. The first-order valence-corrected chi connectivity index (χ1v) is 9.56. The zero-order valence-corrected chi connectivity index (χ0v) is 16.1. The van der Waals surface area contributed by atoms with Crippen LogP contribution in [0.2, 0.25) is 0 Å². The van der Waals surface area contributed by atoms with Gasteiger partial charge in [-0.25, -0.2) is 5.48 Å². The molecule has 0 radical (unpaired) electrons. The first kappa shape index (κ1) is 22.4. The maximum absolute atomic E-state index is 13.0. The maximum atomic E-state index is 13.0. The van der Waals surface area contributed by atoms with Crippen molar-refractivity contribution in [2.75, 3.05) is 20.1 Å². The van der Waals surface area contributed by atoms with E-state index >= 15 is 0 Å². The number of likely N-dealkylation sites (tertiary alicyclic amines) is 1. The molecule has 0 aromatic rings. The topological polar surface area (TPSA) is 110 Å². The fourth-order valence-electron chi connectivity index (χ4n) is 3.35. The van der Waals surface area contributed by atoms with Crippen molar-refractivity contribution in [1.82, 2.24) is 15.3 Å². The van der Waals surface area contributed by atoms with Gasteiger partial charge in [-0.15, -0.1) is 0 Å². The van der Waals surface area contributed by atoms with Crippen LogP contribution in [0, 0.1) is 5.92 Å². The Bertz CT molecular complexity index is 485. The molecule has 0 aliphatic carbocycles. The summed E-state index contributed by atoms with van der Waals surface area (Å²) in [4.78, 5) is 40.5. The summed E-state index contributed by atoms with van der Waals surface area (Å²) in [6.45, 7) is 5.08. The molecule has 3 atom stereocenters. The number of nitrogens with one attached hydrogen (secondary N) is 1. The van der Waals surface area contributed by atoms with Gasteiger partial charge in [-0.1, -0.05) is 33.1 Å². The molecule has 1 rings (SSSR count). The molecule has 1 saturated heterocycles. The molecule has 8 nitrogen and oxygen atoms in total. The zero-order chi connectivity index (χ0) is 19.7. The van der Waals surface area contributed by atoms with Crippen molar-refractivity contribution in [3.05, 3.63) is 0 Å². The molecular weight excluding hydrogens is 338 g/mol. The summed E-state index contributed by atoms with van der Waals surface area (Å²) in [6, 6.07) is -0.544. The third kappa shape index (κ3) is 5.67. The summed E-state index contributed by atoms with van der Waals surface area (Å²) in [7, 11) is 1.74. The summed E-state index contributed by atoms with van der Waals surface area (Å²) >= 11 is 0. The summed E-state index contributed by atoms with van der Waals surface area (Å²) < 4.78 is 0. The van der Waals surface area contributed by atoms with Gasteiger partial charge in [0.25, 0.3) is 5.91 Å². The van der Waals surface area contributed by atoms with Crippen molar-refractivity contribution in [3.8, 4) is 0 Å². The number of rotatable bonds is 10. The number of aliphatic hydroxyl groups excluding tert-OH is 1. The molecule has 150 valence electrons. The zero-order valence-electron chi connectivity index (χ0n) is 16.1. The van der Waals surface area contributed by atoms with Crippen molar-refractivity contribution in [1.29, 1.82) is 0 Å². The van der Waals surface area contributed by atoms with E-state index in [0.717, 1.165) is 19.3 Å². The molecule has 1 fully saturated rings. The number of carbonyl (C=O) groups excluding carboxylic acids is 3. The summed E-state index contributed by atoms with van der Waals surface area (Å²) in [5.74, 6) is -2.45. The highest BCUT2D eigenvalue weighted by molar-refractivity contribution is 5.92. The number of carbonyl (C=O) groups is 3. The quantitative estimate of drug-likeness (QED) is 0.390. The predicted octanol–water partition coefficient (Wildman–Crippen LogP) is 0.909. The minimum atomic E-state index is -1.63. The van der Waals surface area contributed by atoms with Gasteiger partial charge in [0.15, 0.2) is 0 Å². The molecule has 0 bridgehead atoms. The Morgan fingerprint density at radius 2 is 1.88 bits per heavy atom. The van der Waals surface area contributed by atoms with Gasteiger partial charge in [0.2, 0.25) is 11.8 Å². The highest BCUT2D eigenvalue weighted by Gasteiger charge is 2.41. The molecule has 3 unspecified atom stereocenters. The lowest BCUT2D eigenvalue weighted by Crippen LogP contribution is -2.52. The average molecular weight is 371 g/mol. The Hall–Kier alpha value is -1.67. The van der Waals surface area contributed by atoms with E-state index in [9.17, 15) is 19.5 Å². The summed E-state index contributed by atoms with van der Waals surface area (Å²) in [6.07, 6.45) is 3.34. The minimum absolute atomic E-state index is 0.0976. The van der Waals surface area contributed by atoms with Crippen molar-refractivity contribution in [2.45, 2.75) is 70.9 Å². The number of unbranched alkanes of at least 4 members (excludes halogenated alkanes) is 2. The van der Waals surface area contributed by atoms with Crippen molar-refractivity contribution in [2.24, 2.45) is 5.92 Å². The fraction of sp³-hybridized carbons (Fsp3) is 0.833. The van der Waals surface area contributed by atoms with Crippen LogP contribution in [0.25, 0.3) is 0 Å². The Morgan fingerprint density at radius 1 is 1.23 bits per heavy atom. The van der Waals surface area contributed by atoms with Crippen LogP contribution < -0.4 is 5.48 Å². The van der Waals surface area contributed by atoms with Gasteiger partial charge >= 0.3 is 0 Å². The molecule has 1 aliphatic rings. The number of hydrogen-bond donors (Lipinski definition) is 3. The van der Waals surface area contributed by atoms with Crippen LogP contribution in [-0.2, 0) is 14.4 Å². The maximum Gasteiger partial charge on any atom is 0.272 e. The van der Waals surface area contributed by atoms with Crippen molar-refractivity contribution < 1.29 is 24.7 Å². The van der Waals surface area contributed by atoms with E-state index in [-0.39, 0.29) is 5.91 Å². The van der Waals surface area contributed by atoms with Gasteiger partial charge in [-0.05, 0) is 25.7 Å². The van der Waals surface area contributed by atoms with Crippen LogP contribution in [0.3, 0.4) is 0 Å². The Kier molecular flexibility index (Phi) is 9.58. The Labute approximate surface area is 155 Å². The third-order valence-electron chi connectivity index (χ3n) is 4.99. The molecule has 1 heterocycles. The van der Waals surface area contributed by atoms with Crippen molar-refractivity contribution in [3.63, 3.8) is 0 Å². The SMILES string of the molecule is CCCCC(C(=O)N1CCCC1C(=O)N(C)CCCC)C(O)C(=O)NO. The molecule has 0 spiro atoms. The van der Waals surface area contributed by atoms with E-state index in [1.165, 1.54) is 10.4 Å². The second kappa shape index (κ2) is 11.1. The second-order valence-electron chi connectivity index (χ2n) is 6.97. The lowest BCUT2D eigenvalue weighted by molar-refractivity contribution is -0.153. The molecule has 3 amide bonds. The number of aliphatic hydroxyl groups is 1. The van der Waals surface area contributed by atoms with E-state index < -0.39 is 29.9 Å². The fourth-order valence-corrected chi connectivity index (χ4v) is 3.35. The first-order valence-electron chi connectivity index (χ1n) is 9.56. The normalized spacial score (nSPS) is 19.1.